The molecule has 4 heteroatoms. The van der Waals surface area contributed by atoms with Gasteiger partial charge in [0.2, 0.25) is 0 Å². The lowest BCUT2D eigenvalue weighted by atomic mass is 9.93. The van der Waals surface area contributed by atoms with Crippen molar-refractivity contribution in [3.8, 4) is 0 Å². The molecule has 0 unspecified atom stereocenters. The third-order valence-corrected chi connectivity index (χ3v) is 3.54. The zero-order valence-corrected chi connectivity index (χ0v) is 13.3. The molecule has 0 spiro atoms. The molecule has 1 aromatic rings. The van der Waals surface area contributed by atoms with Gasteiger partial charge >= 0.3 is 5.97 Å². The molecule has 0 bridgehead atoms. The first-order chi connectivity index (χ1) is 8.83. The van der Waals surface area contributed by atoms with Crippen LogP contribution in [-0.2, 0) is 22.6 Å². The Hall–Kier alpha value is -0.870. The summed E-state index contributed by atoms with van der Waals surface area (Å²) in [7, 11) is 0. The number of carbonyl (C=O) groups is 1. The normalized spacial score (nSPS) is 16.0. The smallest absolute Gasteiger partial charge is 0.325 e. The molecular formula is C15H20BrNO2. The summed E-state index contributed by atoms with van der Waals surface area (Å²) in [5.41, 5.74) is 2.53. The fourth-order valence-corrected chi connectivity index (χ4v) is 2.59. The van der Waals surface area contributed by atoms with Crippen LogP contribution in [0.25, 0.3) is 0 Å². The highest BCUT2D eigenvalue weighted by atomic mass is 79.9. The van der Waals surface area contributed by atoms with E-state index in [1.165, 1.54) is 11.1 Å². The number of carbonyl (C=O) groups excluding carboxylic acids is 1. The van der Waals surface area contributed by atoms with Gasteiger partial charge in [0.05, 0.1) is 13.0 Å². The second-order valence-electron chi connectivity index (χ2n) is 6.23. The maximum absolute atomic E-state index is 11.8. The fraction of sp³-hybridized carbons (Fsp3) is 0.533. The molecule has 0 aliphatic carbocycles. The lowest BCUT2D eigenvalue weighted by molar-refractivity contribution is -0.197. The van der Waals surface area contributed by atoms with Gasteiger partial charge < -0.3 is 4.84 Å². The summed E-state index contributed by atoms with van der Waals surface area (Å²) in [5.74, 6) is -0.145. The topological polar surface area (TPSA) is 29.5 Å². The summed E-state index contributed by atoms with van der Waals surface area (Å²) in [6.07, 6.45) is 1.36. The number of hydroxylamine groups is 2. The molecule has 0 amide bonds. The SMILES string of the molecule is CC(C)(C)CC(=O)ON1CCc2cc(Br)ccc2C1. The lowest BCUT2D eigenvalue weighted by Crippen LogP contribution is -2.33. The number of nitrogens with zero attached hydrogens (tertiary/aromatic N) is 1. The minimum Gasteiger partial charge on any atom is -0.368 e. The predicted molar refractivity (Wildman–Crippen MR) is 78.4 cm³/mol. The van der Waals surface area contributed by atoms with Gasteiger partial charge in [-0.2, -0.15) is 0 Å². The molecule has 0 radical (unpaired) electrons. The highest BCUT2D eigenvalue weighted by Crippen LogP contribution is 2.24. The first-order valence-electron chi connectivity index (χ1n) is 6.56. The van der Waals surface area contributed by atoms with Gasteiger partial charge in [-0.1, -0.05) is 42.8 Å². The van der Waals surface area contributed by atoms with Gasteiger partial charge in [0.25, 0.3) is 0 Å². The van der Waals surface area contributed by atoms with Crippen LogP contribution in [0, 0.1) is 5.41 Å². The number of benzene rings is 1. The first-order valence-corrected chi connectivity index (χ1v) is 7.36. The quantitative estimate of drug-likeness (QED) is 0.830. The van der Waals surface area contributed by atoms with Crippen molar-refractivity contribution < 1.29 is 9.63 Å². The third kappa shape index (κ3) is 4.32. The Bertz CT molecular complexity index is 480. The lowest BCUT2D eigenvalue weighted by Gasteiger charge is -2.28. The van der Waals surface area contributed by atoms with Crippen molar-refractivity contribution in [1.82, 2.24) is 5.06 Å². The Kier molecular flexibility index (Phi) is 4.31. The second-order valence-corrected chi connectivity index (χ2v) is 7.14. The summed E-state index contributed by atoms with van der Waals surface area (Å²) < 4.78 is 1.10. The Morgan fingerprint density at radius 1 is 1.37 bits per heavy atom. The summed E-state index contributed by atoms with van der Waals surface area (Å²) in [6, 6.07) is 6.26. The number of halogens is 1. The van der Waals surface area contributed by atoms with Crippen molar-refractivity contribution in [3.05, 3.63) is 33.8 Å². The van der Waals surface area contributed by atoms with Crippen LogP contribution in [0.4, 0.5) is 0 Å². The highest BCUT2D eigenvalue weighted by Gasteiger charge is 2.23. The third-order valence-electron chi connectivity index (χ3n) is 3.05. The molecule has 0 atom stereocenters. The van der Waals surface area contributed by atoms with Crippen molar-refractivity contribution in [2.45, 2.75) is 40.2 Å². The zero-order valence-electron chi connectivity index (χ0n) is 11.7. The molecular weight excluding hydrogens is 306 g/mol. The van der Waals surface area contributed by atoms with E-state index in [0.717, 1.165) is 17.4 Å². The van der Waals surface area contributed by atoms with Crippen LogP contribution < -0.4 is 0 Å². The van der Waals surface area contributed by atoms with Crippen LogP contribution in [0.15, 0.2) is 22.7 Å². The van der Waals surface area contributed by atoms with E-state index in [-0.39, 0.29) is 11.4 Å². The van der Waals surface area contributed by atoms with Crippen LogP contribution in [0.2, 0.25) is 0 Å². The van der Waals surface area contributed by atoms with Crippen molar-refractivity contribution in [2.75, 3.05) is 6.54 Å². The average molecular weight is 326 g/mol. The van der Waals surface area contributed by atoms with Crippen LogP contribution in [0.5, 0.6) is 0 Å². The largest absolute Gasteiger partial charge is 0.368 e. The number of hydrogen-bond acceptors (Lipinski definition) is 3. The molecule has 3 nitrogen and oxygen atoms in total. The predicted octanol–water partition coefficient (Wildman–Crippen LogP) is 3.70. The Morgan fingerprint density at radius 3 is 2.79 bits per heavy atom. The molecule has 19 heavy (non-hydrogen) atoms. The van der Waals surface area contributed by atoms with Crippen molar-refractivity contribution in [3.63, 3.8) is 0 Å². The summed E-state index contributed by atoms with van der Waals surface area (Å²) >= 11 is 3.48. The molecule has 2 rings (SSSR count). The molecule has 1 aliphatic rings. The molecule has 0 fully saturated rings. The van der Waals surface area contributed by atoms with Crippen LogP contribution >= 0.6 is 15.9 Å². The zero-order chi connectivity index (χ0) is 14.0. The molecule has 0 N–H and O–H groups in total. The van der Waals surface area contributed by atoms with E-state index in [2.05, 4.69) is 28.1 Å². The molecule has 0 saturated carbocycles. The van der Waals surface area contributed by atoms with E-state index >= 15 is 0 Å². The molecule has 1 aromatic carbocycles. The minimum absolute atomic E-state index is 0.0321. The van der Waals surface area contributed by atoms with E-state index in [4.69, 9.17) is 4.84 Å². The monoisotopic (exact) mass is 325 g/mol. The molecule has 1 aliphatic heterocycles. The molecule has 0 saturated heterocycles. The van der Waals surface area contributed by atoms with E-state index < -0.39 is 0 Å². The van der Waals surface area contributed by atoms with Gasteiger partial charge in [-0.25, -0.2) is 0 Å². The van der Waals surface area contributed by atoms with E-state index in [0.29, 0.717) is 13.0 Å². The Balaban J connectivity index is 1.95. The van der Waals surface area contributed by atoms with E-state index in [1.807, 2.05) is 26.8 Å². The van der Waals surface area contributed by atoms with E-state index in [1.54, 1.807) is 5.06 Å². The van der Waals surface area contributed by atoms with Gasteiger partial charge in [-0.3, -0.25) is 4.79 Å². The van der Waals surface area contributed by atoms with Gasteiger partial charge in [0.1, 0.15) is 0 Å². The van der Waals surface area contributed by atoms with Gasteiger partial charge in [0.15, 0.2) is 0 Å². The highest BCUT2D eigenvalue weighted by molar-refractivity contribution is 9.10. The second kappa shape index (κ2) is 5.63. The van der Waals surface area contributed by atoms with Crippen LogP contribution in [0.3, 0.4) is 0 Å². The van der Waals surface area contributed by atoms with Gasteiger partial charge in [-0.05, 0) is 35.1 Å². The summed E-state index contributed by atoms with van der Waals surface area (Å²) in [6.45, 7) is 7.56. The standard InChI is InChI=1S/C15H20BrNO2/c1-15(2,3)9-14(18)19-17-7-6-11-8-13(16)5-4-12(11)10-17/h4-5,8H,6-7,9-10H2,1-3H3. The number of rotatable bonds is 2. The van der Waals surface area contributed by atoms with Gasteiger partial charge in [0, 0.05) is 11.0 Å². The summed E-state index contributed by atoms with van der Waals surface area (Å²) in [5, 5.41) is 1.77. The van der Waals surface area contributed by atoms with E-state index in [9.17, 15) is 4.79 Å². The van der Waals surface area contributed by atoms with Crippen molar-refractivity contribution in [2.24, 2.45) is 5.41 Å². The van der Waals surface area contributed by atoms with Crippen molar-refractivity contribution in [1.29, 1.82) is 0 Å². The number of hydrogen-bond donors (Lipinski definition) is 0. The maximum Gasteiger partial charge on any atom is 0.325 e. The van der Waals surface area contributed by atoms with Gasteiger partial charge in [-0.15, -0.1) is 5.06 Å². The fourth-order valence-electron chi connectivity index (χ4n) is 2.18. The summed E-state index contributed by atoms with van der Waals surface area (Å²) in [4.78, 5) is 17.3. The molecule has 1 heterocycles. The first kappa shape index (κ1) is 14.5. The Labute approximate surface area is 123 Å². The minimum atomic E-state index is -0.145. The number of fused-ring (bicyclic) bond motifs is 1. The Morgan fingerprint density at radius 2 is 2.11 bits per heavy atom. The van der Waals surface area contributed by atoms with Crippen LogP contribution in [-0.4, -0.2) is 17.6 Å². The molecule has 104 valence electrons. The average Bonchev–Trinajstić information content (AvgIpc) is 2.26. The maximum atomic E-state index is 11.8. The molecule has 0 aromatic heterocycles. The van der Waals surface area contributed by atoms with Crippen LogP contribution in [0.1, 0.15) is 38.3 Å². The van der Waals surface area contributed by atoms with Crippen molar-refractivity contribution >= 4 is 21.9 Å².